The minimum atomic E-state index is -0.526. The quantitative estimate of drug-likeness (QED) is 0.767. The Morgan fingerprint density at radius 2 is 1.76 bits per heavy atom. The van der Waals surface area contributed by atoms with Crippen molar-refractivity contribution in [3.8, 4) is 0 Å². The Kier molecular flexibility index (Phi) is 5.20. The van der Waals surface area contributed by atoms with Gasteiger partial charge in [-0.15, -0.1) is 0 Å². The van der Waals surface area contributed by atoms with Gasteiger partial charge in [-0.05, 0) is 42.3 Å². The molecule has 5 N–H and O–H groups in total. The summed E-state index contributed by atoms with van der Waals surface area (Å²) in [7, 11) is 0. The number of benzene rings is 2. The van der Waals surface area contributed by atoms with Gasteiger partial charge in [0.25, 0.3) is 0 Å². The van der Waals surface area contributed by atoms with Gasteiger partial charge in [-0.25, -0.2) is 0 Å². The van der Waals surface area contributed by atoms with Gasteiger partial charge in [-0.2, -0.15) is 0 Å². The lowest BCUT2D eigenvalue weighted by Crippen LogP contribution is -2.11. The number of carbonyl (C=O) groups is 1. The number of amides is 1. The van der Waals surface area contributed by atoms with Gasteiger partial charge in [0.05, 0.1) is 10.6 Å². The molecule has 0 fully saturated rings. The topological polar surface area (TPSA) is 81.1 Å². The highest BCUT2D eigenvalue weighted by Crippen LogP contribution is 2.21. The summed E-state index contributed by atoms with van der Waals surface area (Å²) in [5.74, 6) is -0.526. The van der Waals surface area contributed by atoms with Gasteiger partial charge in [0.15, 0.2) is 0 Å². The molecule has 1 amide bonds. The second kappa shape index (κ2) is 7.11. The maximum atomic E-state index is 11.1. The van der Waals surface area contributed by atoms with Crippen molar-refractivity contribution in [2.45, 2.75) is 13.0 Å². The van der Waals surface area contributed by atoms with Crippen LogP contribution in [0.1, 0.15) is 21.5 Å². The van der Waals surface area contributed by atoms with Crippen molar-refractivity contribution in [2.24, 2.45) is 11.5 Å². The van der Waals surface area contributed by atoms with E-state index in [9.17, 15) is 4.79 Å². The molecule has 0 aromatic heterocycles. The van der Waals surface area contributed by atoms with Crippen LogP contribution in [0, 0.1) is 0 Å². The summed E-state index contributed by atoms with van der Waals surface area (Å²) >= 11 is 6.01. The number of hydrogen-bond donors (Lipinski definition) is 3. The van der Waals surface area contributed by atoms with E-state index in [2.05, 4.69) is 29.6 Å². The van der Waals surface area contributed by atoms with Crippen molar-refractivity contribution >= 4 is 23.2 Å². The molecular weight excluding hydrogens is 286 g/mol. The van der Waals surface area contributed by atoms with E-state index in [-0.39, 0.29) is 0 Å². The van der Waals surface area contributed by atoms with Gasteiger partial charge in [-0.3, -0.25) is 4.79 Å². The van der Waals surface area contributed by atoms with Gasteiger partial charge in [-0.1, -0.05) is 35.9 Å². The van der Waals surface area contributed by atoms with Crippen LogP contribution < -0.4 is 16.8 Å². The fraction of sp³-hybridized carbons (Fsp3) is 0.188. The van der Waals surface area contributed by atoms with E-state index in [1.54, 1.807) is 18.2 Å². The fourth-order valence-electron chi connectivity index (χ4n) is 2.02. The molecule has 5 heteroatoms. The molecule has 4 nitrogen and oxygen atoms in total. The van der Waals surface area contributed by atoms with Crippen LogP contribution in [0.5, 0.6) is 0 Å². The van der Waals surface area contributed by atoms with Crippen LogP contribution in [0.15, 0.2) is 42.5 Å². The smallest absolute Gasteiger partial charge is 0.250 e. The van der Waals surface area contributed by atoms with Crippen molar-refractivity contribution in [1.29, 1.82) is 0 Å². The highest BCUT2D eigenvalue weighted by Gasteiger charge is 2.06. The van der Waals surface area contributed by atoms with E-state index >= 15 is 0 Å². The number of carbonyl (C=O) groups excluding carboxylic acids is 1. The molecule has 110 valence electrons. The van der Waals surface area contributed by atoms with Crippen LogP contribution in [0.4, 0.5) is 5.69 Å². The molecule has 2 aromatic rings. The van der Waals surface area contributed by atoms with Crippen molar-refractivity contribution in [2.75, 3.05) is 11.9 Å². The lowest BCUT2D eigenvalue weighted by Gasteiger charge is -2.09. The molecule has 21 heavy (non-hydrogen) atoms. The SMILES string of the molecule is NCCc1ccc(CNc2ccc(C(N)=O)c(Cl)c2)cc1. The Morgan fingerprint density at radius 3 is 2.33 bits per heavy atom. The number of hydrogen-bond acceptors (Lipinski definition) is 3. The van der Waals surface area contributed by atoms with E-state index in [1.807, 2.05) is 0 Å². The Morgan fingerprint density at radius 1 is 1.10 bits per heavy atom. The molecule has 0 saturated heterocycles. The van der Waals surface area contributed by atoms with E-state index in [4.69, 9.17) is 23.1 Å². The normalized spacial score (nSPS) is 10.4. The second-order valence-corrected chi connectivity index (χ2v) is 5.17. The molecule has 0 aliphatic rings. The molecule has 0 atom stereocenters. The minimum Gasteiger partial charge on any atom is -0.381 e. The average Bonchev–Trinajstić information content (AvgIpc) is 2.46. The molecule has 2 rings (SSSR count). The molecule has 0 heterocycles. The highest BCUT2D eigenvalue weighted by atomic mass is 35.5. The van der Waals surface area contributed by atoms with Crippen LogP contribution in [-0.4, -0.2) is 12.5 Å². The Bertz CT molecular complexity index is 626. The van der Waals surface area contributed by atoms with Crippen LogP contribution in [0.2, 0.25) is 5.02 Å². The van der Waals surface area contributed by atoms with E-state index in [0.717, 1.165) is 17.7 Å². The number of halogens is 1. The zero-order chi connectivity index (χ0) is 15.2. The molecular formula is C16H18ClN3O. The van der Waals surface area contributed by atoms with Gasteiger partial charge in [0.1, 0.15) is 0 Å². The van der Waals surface area contributed by atoms with Crippen molar-refractivity contribution in [3.63, 3.8) is 0 Å². The molecule has 0 aliphatic heterocycles. The molecule has 0 unspecified atom stereocenters. The fourth-order valence-corrected chi connectivity index (χ4v) is 2.29. The molecule has 0 spiro atoms. The Labute approximate surface area is 129 Å². The third-order valence-corrected chi connectivity index (χ3v) is 3.50. The first-order valence-electron chi connectivity index (χ1n) is 6.71. The monoisotopic (exact) mass is 303 g/mol. The summed E-state index contributed by atoms with van der Waals surface area (Å²) in [6.45, 7) is 1.33. The number of nitrogens with two attached hydrogens (primary N) is 2. The van der Waals surface area contributed by atoms with Gasteiger partial charge >= 0.3 is 0 Å². The predicted molar refractivity (Wildman–Crippen MR) is 86.5 cm³/mol. The summed E-state index contributed by atoms with van der Waals surface area (Å²) < 4.78 is 0. The summed E-state index contributed by atoms with van der Waals surface area (Å²) in [5.41, 5.74) is 14.3. The molecule has 0 saturated carbocycles. The second-order valence-electron chi connectivity index (χ2n) is 4.77. The zero-order valence-corrected chi connectivity index (χ0v) is 12.4. The van der Waals surface area contributed by atoms with Gasteiger partial charge < -0.3 is 16.8 Å². The van der Waals surface area contributed by atoms with Crippen molar-refractivity contribution in [3.05, 3.63) is 64.2 Å². The lowest BCUT2D eigenvalue weighted by atomic mass is 10.1. The molecule has 2 aromatic carbocycles. The molecule has 0 radical (unpaired) electrons. The Balaban J connectivity index is 1.99. The van der Waals surface area contributed by atoms with Crippen molar-refractivity contribution in [1.82, 2.24) is 0 Å². The van der Waals surface area contributed by atoms with Crippen LogP contribution in [-0.2, 0) is 13.0 Å². The van der Waals surface area contributed by atoms with E-state index in [0.29, 0.717) is 23.7 Å². The van der Waals surface area contributed by atoms with E-state index < -0.39 is 5.91 Å². The van der Waals surface area contributed by atoms with Crippen LogP contribution in [0.25, 0.3) is 0 Å². The van der Waals surface area contributed by atoms with E-state index in [1.165, 1.54) is 5.56 Å². The summed E-state index contributed by atoms with van der Waals surface area (Å²) in [6, 6.07) is 13.4. The first-order valence-corrected chi connectivity index (χ1v) is 7.09. The minimum absolute atomic E-state index is 0.327. The summed E-state index contributed by atoms with van der Waals surface area (Å²) in [6.07, 6.45) is 0.887. The predicted octanol–water partition coefficient (Wildman–Crippen LogP) is 2.55. The standard InChI is InChI=1S/C16H18ClN3O/c17-15-9-13(5-6-14(15)16(19)21)20-10-12-3-1-11(2-4-12)7-8-18/h1-6,9,20H,7-8,10,18H2,(H2,19,21). The maximum absolute atomic E-state index is 11.1. The number of rotatable bonds is 6. The van der Waals surface area contributed by atoms with Crippen LogP contribution >= 0.6 is 11.6 Å². The lowest BCUT2D eigenvalue weighted by molar-refractivity contribution is 0.100. The third-order valence-electron chi connectivity index (χ3n) is 3.19. The largest absolute Gasteiger partial charge is 0.381 e. The number of primary amides is 1. The molecule has 0 bridgehead atoms. The average molecular weight is 304 g/mol. The van der Waals surface area contributed by atoms with Crippen molar-refractivity contribution < 1.29 is 4.79 Å². The van der Waals surface area contributed by atoms with Crippen LogP contribution in [0.3, 0.4) is 0 Å². The first-order chi connectivity index (χ1) is 10.1. The number of nitrogens with one attached hydrogen (secondary N) is 1. The summed E-state index contributed by atoms with van der Waals surface area (Å²) in [4.78, 5) is 11.1. The van der Waals surface area contributed by atoms with Gasteiger partial charge in [0.2, 0.25) is 5.91 Å². The zero-order valence-electron chi connectivity index (χ0n) is 11.6. The Hall–Kier alpha value is -2.04. The van der Waals surface area contributed by atoms with Gasteiger partial charge in [0, 0.05) is 12.2 Å². The molecule has 0 aliphatic carbocycles. The number of anilines is 1. The first kappa shape index (κ1) is 15.4. The highest BCUT2D eigenvalue weighted by molar-refractivity contribution is 6.34. The third kappa shape index (κ3) is 4.21. The maximum Gasteiger partial charge on any atom is 0.250 e. The summed E-state index contributed by atoms with van der Waals surface area (Å²) in [5, 5.41) is 3.61.